The van der Waals surface area contributed by atoms with Crippen molar-refractivity contribution in [1.29, 1.82) is 0 Å². The Balaban J connectivity index is 1.74. The molecule has 1 amide bonds. The van der Waals surface area contributed by atoms with Crippen molar-refractivity contribution in [2.24, 2.45) is 14.1 Å². The Hall–Kier alpha value is -4.72. The van der Waals surface area contributed by atoms with Gasteiger partial charge in [-0.15, -0.1) is 0 Å². The number of methoxy groups -OCH3 is 2. The number of nitro benzene ring substituents is 1. The van der Waals surface area contributed by atoms with Crippen LogP contribution in [0.15, 0.2) is 57.1 Å². The number of nitrogens with zero attached hydrogens (tertiary/aromatic N) is 5. The van der Waals surface area contributed by atoms with E-state index < -0.39 is 22.1 Å². The van der Waals surface area contributed by atoms with E-state index in [0.29, 0.717) is 22.7 Å². The van der Waals surface area contributed by atoms with E-state index in [1.54, 1.807) is 18.2 Å². The van der Waals surface area contributed by atoms with Crippen molar-refractivity contribution in [3.05, 3.63) is 73.4 Å². The van der Waals surface area contributed by atoms with Gasteiger partial charge in [0.15, 0.2) is 11.5 Å². The van der Waals surface area contributed by atoms with E-state index in [-0.39, 0.29) is 33.3 Å². The second kappa shape index (κ2) is 10.7. The largest absolute Gasteiger partial charge is 0.497 e. The van der Waals surface area contributed by atoms with Crippen LogP contribution in [-0.4, -0.2) is 49.9 Å². The summed E-state index contributed by atoms with van der Waals surface area (Å²) < 4.78 is 12.6. The summed E-state index contributed by atoms with van der Waals surface area (Å²) >= 11 is 0.983. The number of carbonyl (C=O) groups is 1. The van der Waals surface area contributed by atoms with Gasteiger partial charge < -0.3 is 14.8 Å². The first-order chi connectivity index (χ1) is 18.1. The molecule has 0 saturated carbocycles. The normalized spacial score (nSPS) is 10.8. The number of thioether (sulfide) groups is 1. The summed E-state index contributed by atoms with van der Waals surface area (Å²) in [4.78, 5) is 57.8. The van der Waals surface area contributed by atoms with Gasteiger partial charge in [0.05, 0.1) is 30.6 Å². The van der Waals surface area contributed by atoms with Gasteiger partial charge in [0.1, 0.15) is 21.9 Å². The smallest absolute Gasteiger partial charge is 0.332 e. The van der Waals surface area contributed by atoms with E-state index in [2.05, 4.69) is 15.3 Å². The van der Waals surface area contributed by atoms with Crippen molar-refractivity contribution >= 4 is 40.1 Å². The van der Waals surface area contributed by atoms with E-state index in [1.165, 1.54) is 57.1 Å². The number of benzene rings is 2. The second-order valence-electron chi connectivity index (χ2n) is 7.96. The van der Waals surface area contributed by atoms with Gasteiger partial charge in [-0.05, 0) is 24.3 Å². The first-order valence-electron chi connectivity index (χ1n) is 11.0. The number of nitrogens with one attached hydrogen (secondary N) is 1. The number of hydrogen-bond acceptors (Lipinski definition) is 10. The standard InChI is InChI=1S/C24H22N6O7S/c1-28-21-19(23(32)29(2)24(28)33)22(27-20(26-21)13-5-7-14(8-6-13)30(34)35)38-12-18(31)25-16-11-15(36-3)9-10-17(16)37-4/h5-11H,12H2,1-4H3,(H,25,31). The Kier molecular flexibility index (Phi) is 7.43. The van der Waals surface area contributed by atoms with Crippen molar-refractivity contribution in [1.82, 2.24) is 19.1 Å². The summed E-state index contributed by atoms with van der Waals surface area (Å²) in [5.41, 5.74) is -0.424. The highest BCUT2D eigenvalue weighted by atomic mass is 32.2. The minimum Gasteiger partial charge on any atom is -0.497 e. The average molecular weight is 539 g/mol. The van der Waals surface area contributed by atoms with Gasteiger partial charge in [0.2, 0.25) is 5.91 Å². The van der Waals surface area contributed by atoms with Crippen molar-refractivity contribution in [3.63, 3.8) is 0 Å². The maximum Gasteiger partial charge on any atom is 0.332 e. The predicted octanol–water partition coefficient (Wildman–Crippen LogP) is 2.35. The lowest BCUT2D eigenvalue weighted by Gasteiger charge is -2.13. The van der Waals surface area contributed by atoms with Crippen LogP contribution in [0.2, 0.25) is 0 Å². The molecule has 2 aromatic heterocycles. The third kappa shape index (κ3) is 5.06. The molecule has 2 aromatic carbocycles. The maximum absolute atomic E-state index is 13.0. The zero-order chi connectivity index (χ0) is 27.6. The number of anilines is 1. The molecule has 0 atom stereocenters. The minimum atomic E-state index is -0.615. The van der Waals surface area contributed by atoms with E-state index in [0.717, 1.165) is 16.3 Å². The highest BCUT2D eigenvalue weighted by Gasteiger charge is 2.20. The van der Waals surface area contributed by atoms with Gasteiger partial charge >= 0.3 is 5.69 Å². The van der Waals surface area contributed by atoms with Crippen molar-refractivity contribution in [2.45, 2.75) is 5.03 Å². The first kappa shape index (κ1) is 26.3. The Morgan fingerprint density at radius 1 is 1.05 bits per heavy atom. The lowest BCUT2D eigenvalue weighted by atomic mass is 10.2. The molecule has 14 heteroatoms. The number of carbonyl (C=O) groups excluding carboxylic acids is 1. The molecule has 4 aromatic rings. The predicted molar refractivity (Wildman–Crippen MR) is 141 cm³/mol. The van der Waals surface area contributed by atoms with Gasteiger partial charge in [-0.25, -0.2) is 14.8 Å². The monoisotopic (exact) mass is 538 g/mol. The number of ether oxygens (including phenoxy) is 2. The topological polar surface area (TPSA) is 160 Å². The van der Waals surface area contributed by atoms with Crippen LogP contribution >= 0.6 is 11.8 Å². The average Bonchev–Trinajstić information content (AvgIpc) is 2.93. The number of aromatic nitrogens is 4. The molecule has 4 rings (SSSR count). The third-order valence-electron chi connectivity index (χ3n) is 5.62. The van der Waals surface area contributed by atoms with Crippen molar-refractivity contribution in [2.75, 3.05) is 25.3 Å². The molecular formula is C24H22N6O7S. The molecule has 0 fully saturated rings. The lowest BCUT2D eigenvalue weighted by molar-refractivity contribution is -0.384. The number of hydrogen-bond donors (Lipinski definition) is 1. The molecule has 0 unspecified atom stereocenters. The molecule has 0 saturated heterocycles. The fraction of sp³-hybridized carbons (Fsp3) is 0.208. The Morgan fingerprint density at radius 3 is 2.39 bits per heavy atom. The van der Waals surface area contributed by atoms with Crippen LogP contribution in [0.4, 0.5) is 11.4 Å². The van der Waals surface area contributed by atoms with Crippen LogP contribution in [0, 0.1) is 10.1 Å². The number of non-ortho nitro benzene ring substituents is 1. The van der Waals surface area contributed by atoms with Crippen LogP contribution < -0.4 is 26.0 Å². The number of rotatable bonds is 8. The summed E-state index contributed by atoms with van der Waals surface area (Å²) in [5, 5.41) is 14.0. The second-order valence-corrected chi connectivity index (χ2v) is 8.93. The van der Waals surface area contributed by atoms with E-state index in [1.807, 2.05) is 0 Å². The molecular weight excluding hydrogens is 516 g/mol. The number of fused-ring (bicyclic) bond motifs is 1. The number of amides is 1. The van der Waals surface area contributed by atoms with Gasteiger partial charge in [-0.1, -0.05) is 11.8 Å². The molecule has 0 aliphatic rings. The SMILES string of the molecule is COc1ccc(OC)c(NC(=O)CSc2nc(-c3ccc([N+](=O)[O-])cc3)nc3c2c(=O)n(C)c(=O)n3C)c1. The van der Waals surface area contributed by atoms with Crippen LogP contribution in [0.1, 0.15) is 0 Å². The third-order valence-corrected chi connectivity index (χ3v) is 6.60. The zero-order valence-corrected chi connectivity index (χ0v) is 21.6. The van der Waals surface area contributed by atoms with E-state index in [9.17, 15) is 24.5 Å². The molecule has 196 valence electrons. The molecule has 13 nitrogen and oxygen atoms in total. The molecule has 2 heterocycles. The number of nitro groups is 1. The Morgan fingerprint density at radius 2 is 1.76 bits per heavy atom. The molecule has 0 radical (unpaired) electrons. The maximum atomic E-state index is 13.0. The Labute approximate surface area is 219 Å². The molecule has 0 bridgehead atoms. The first-order valence-corrected chi connectivity index (χ1v) is 12.0. The van der Waals surface area contributed by atoms with Crippen molar-refractivity contribution in [3.8, 4) is 22.9 Å². The molecule has 0 spiro atoms. The summed E-state index contributed by atoms with van der Waals surface area (Å²) in [6.45, 7) is 0. The summed E-state index contributed by atoms with van der Waals surface area (Å²) in [6.07, 6.45) is 0. The van der Waals surface area contributed by atoms with Gasteiger partial charge in [-0.2, -0.15) is 0 Å². The molecule has 0 aliphatic heterocycles. The Bertz CT molecular complexity index is 1680. The summed E-state index contributed by atoms with van der Waals surface area (Å²) in [6, 6.07) is 10.5. The molecule has 1 N–H and O–H groups in total. The highest BCUT2D eigenvalue weighted by molar-refractivity contribution is 8.00. The van der Waals surface area contributed by atoms with Crippen LogP contribution in [0.25, 0.3) is 22.4 Å². The fourth-order valence-corrected chi connectivity index (χ4v) is 4.44. The highest BCUT2D eigenvalue weighted by Crippen LogP contribution is 2.30. The quantitative estimate of drug-likeness (QED) is 0.153. The van der Waals surface area contributed by atoms with Gasteiger partial charge in [-0.3, -0.25) is 28.8 Å². The van der Waals surface area contributed by atoms with Crippen molar-refractivity contribution < 1.29 is 19.2 Å². The van der Waals surface area contributed by atoms with Gasteiger partial charge in [0, 0.05) is 37.9 Å². The van der Waals surface area contributed by atoms with Crippen LogP contribution in [0.5, 0.6) is 11.5 Å². The summed E-state index contributed by atoms with van der Waals surface area (Å²) in [5.74, 6) is 0.534. The van der Waals surface area contributed by atoms with E-state index >= 15 is 0 Å². The van der Waals surface area contributed by atoms with Crippen LogP contribution in [0.3, 0.4) is 0 Å². The molecule has 38 heavy (non-hydrogen) atoms. The van der Waals surface area contributed by atoms with E-state index in [4.69, 9.17) is 9.47 Å². The zero-order valence-electron chi connectivity index (χ0n) is 20.8. The fourth-order valence-electron chi connectivity index (χ4n) is 3.63. The van der Waals surface area contributed by atoms with Gasteiger partial charge in [0.25, 0.3) is 11.2 Å². The van der Waals surface area contributed by atoms with Crippen LogP contribution in [-0.2, 0) is 18.9 Å². The lowest BCUT2D eigenvalue weighted by Crippen LogP contribution is -2.37. The molecule has 0 aliphatic carbocycles. The minimum absolute atomic E-state index is 0.0667. The number of aryl methyl sites for hydroxylation is 1. The summed E-state index contributed by atoms with van der Waals surface area (Å²) in [7, 11) is 5.77.